The van der Waals surface area contributed by atoms with Gasteiger partial charge in [-0.05, 0) is 46.5 Å². The minimum absolute atomic E-state index is 0.804. The Morgan fingerprint density at radius 1 is 0.630 bits per heavy atom. The van der Waals surface area contributed by atoms with E-state index in [9.17, 15) is 0 Å². The number of hydrogen-bond donors (Lipinski definition) is 0. The van der Waals surface area contributed by atoms with Gasteiger partial charge in [0.1, 0.15) is 0 Å². The van der Waals surface area contributed by atoms with Crippen molar-refractivity contribution in [2.75, 3.05) is 26.2 Å². The highest BCUT2D eigenvalue weighted by Gasteiger charge is 2.17. The van der Waals surface area contributed by atoms with Crippen molar-refractivity contribution in [2.45, 2.75) is 13.1 Å². The zero-order valence-corrected chi connectivity index (χ0v) is 16.1. The third-order valence-corrected chi connectivity index (χ3v) is 5.41. The quantitative estimate of drug-likeness (QED) is 0.641. The molecule has 0 atom stereocenters. The fraction of sp³-hybridized carbons (Fsp3) is 0.261. The zero-order valence-electron chi connectivity index (χ0n) is 15.4. The SMILES string of the molecule is Clc1ccc(CN2CCN(Cc3ccc(-c4ccncc4)cc3)CC2)cc1. The zero-order chi connectivity index (χ0) is 18.5. The summed E-state index contributed by atoms with van der Waals surface area (Å²) in [7, 11) is 0. The van der Waals surface area contributed by atoms with Gasteiger partial charge in [0.05, 0.1) is 0 Å². The number of benzene rings is 2. The van der Waals surface area contributed by atoms with E-state index in [1.807, 2.05) is 24.5 Å². The van der Waals surface area contributed by atoms with Crippen molar-refractivity contribution in [3.63, 3.8) is 0 Å². The molecule has 1 aliphatic heterocycles. The van der Waals surface area contributed by atoms with Gasteiger partial charge in [0.15, 0.2) is 0 Å². The van der Waals surface area contributed by atoms with Crippen molar-refractivity contribution in [2.24, 2.45) is 0 Å². The molecule has 0 bridgehead atoms. The van der Waals surface area contributed by atoms with Crippen LogP contribution >= 0.6 is 11.6 Å². The summed E-state index contributed by atoms with van der Waals surface area (Å²) in [6.45, 7) is 6.46. The molecule has 27 heavy (non-hydrogen) atoms. The van der Waals surface area contributed by atoms with Gasteiger partial charge in [-0.25, -0.2) is 0 Å². The van der Waals surface area contributed by atoms with E-state index in [1.165, 1.54) is 22.3 Å². The van der Waals surface area contributed by atoms with E-state index in [0.717, 1.165) is 44.3 Å². The van der Waals surface area contributed by atoms with E-state index in [4.69, 9.17) is 11.6 Å². The number of aromatic nitrogens is 1. The highest BCUT2D eigenvalue weighted by molar-refractivity contribution is 6.30. The molecule has 2 heterocycles. The maximum absolute atomic E-state index is 5.97. The Kier molecular flexibility index (Phi) is 5.83. The van der Waals surface area contributed by atoms with Crippen LogP contribution in [0, 0.1) is 0 Å². The Morgan fingerprint density at radius 3 is 1.59 bits per heavy atom. The van der Waals surface area contributed by atoms with Crippen molar-refractivity contribution in [1.29, 1.82) is 0 Å². The van der Waals surface area contributed by atoms with E-state index < -0.39 is 0 Å². The highest BCUT2D eigenvalue weighted by Crippen LogP contribution is 2.20. The van der Waals surface area contributed by atoms with Gasteiger partial charge in [-0.15, -0.1) is 0 Å². The summed E-state index contributed by atoms with van der Waals surface area (Å²) in [6, 6.07) is 21.2. The van der Waals surface area contributed by atoms with Crippen LogP contribution in [0.5, 0.6) is 0 Å². The summed E-state index contributed by atoms with van der Waals surface area (Å²) in [5.41, 5.74) is 5.17. The van der Waals surface area contributed by atoms with E-state index in [1.54, 1.807) is 0 Å². The normalized spacial score (nSPS) is 15.7. The summed E-state index contributed by atoms with van der Waals surface area (Å²) in [5, 5.41) is 0.804. The smallest absolute Gasteiger partial charge is 0.0406 e. The van der Waals surface area contributed by atoms with E-state index >= 15 is 0 Å². The summed E-state index contributed by atoms with van der Waals surface area (Å²) in [5.74, 6) is 0. The van der Waals surface area contributed by atoms with E-state index in [-0.39, 0.29) is 0 Å². The molecule has 1 saturated heterocycles. The van der Waals surface area contributed by atoms with Gasteiger partial charge in [-0.2, -0.15) is 0 Å². The third kappa shape index (κ3) is 4.95. The molecule has 2 aromatic carbocycles. The molecule has 4 heteroatoms. The van der Waals surface area contributed by atoms with Crippen LogP contribution in [0.4, 0.5) is 0 Å². The molecule has 0 radical (unpaired) electrons. The molecule has 3 nitrogen and oxygen atoms in total. The summed E-state index contributed by atoms with van der Waals surface area (Å²) in [4.78, 5) is 9.15. The summed E-state index contributed by atoms with van der Waals surface area (Å²) in [6.07, 6.45) is 3.68. The predicted molar refractivity (Wildman–Crippen MR) is 112 cm³/mol. The van der Waals surface area contributed by atoms with Crippen LogP contribution in [0.1, 0.15) is 11.1 Å². The largest absolute Gasteiger partial charge is 0.297 e. The van der Waals surface area contributed by atoms with Gasteiger partial charge in [-0.1, -0.05) is 48.0 Å². The second-order valence-electron chi connectivity index (χ2n) is 7.11. The number of nitrogens with zero attached hydrogens (tertiary/aromatic N) is 3. The van der Waals surface area contributed by atoms with Crippen molar-refractivity contribution in [3.05, 3.63) is 89.2 Å². The Labute approximate surface area is 166 Å². The molecule has 4 rings (SSSR count). The standard InChI is InChI=1S/C23H24ClN3/c24-23-7-3-20(4-8-23)18-27-15-13-26(14-16-27)17-19-1-5-21(6-2-19)22-9-11-25-12-10-22/h1-12H,13-18H2. The van der Waals surface area contributed by atoms with Crippen molar-refractivity contribution >= 4 is 11.6 Å². The number of hydrogen-bond acceptors (Lipinski definition) is 3. The third-order valence-electron chi connectivity index (χ3n) is 5.16. The predicted octanol–water partition coefficient (Wildman–Crippen LogP) is 4.72. The lowest BCUT2D eigenvalue weighted by Crippen LogP contribution is -2.45. The molecule has 0 saturated carbocycles. The minimum Gasteiger partial charge on any atom is -0.297 e. The number of rotatable bonds is 5. The summed E-state index contributed by atoms with van der Waals surface area (Å²) >= 11 is 5.97. The van der Waals surface area contributed by atoms with E-state index in [0.29, 0.717) is 0 Å². The molecular formula is C23H24ClN3. The molecule has 1 aromatic heterocycles. The van der Waals surface area contributed by atoms with Gasteiger partial charge < -0.3 is 0 Å². The van der Waals surface area contributed by atoms with Gasteiger partial charge in [0, 0.05) is 56.7 Å². The van der Waals surface area contributed by atoms with Gasteiger partial charge in [0.2, 0.25) is 0 Å². The molecule has 0 aliphatic carbocycles. The molecule has 138 valence electrons. The van der Waals surface area contributed by atoms with E-state index in [2.05, 4.69) is 63.3 Å². The lowest BCUT2D eigenvalue weighted by molar-refractivity contribution is 0.122. The van der Waals surface area contributed by atoms with Crippen molar-refractivity contribution in [1.82, 2.24) is 14.8 Å². The van der Waals surface area contributed by atoms with Gasteiger partial charge >= 0.3 is 0 Å². The Morgan fingerprint density at radius 2 is 1.07 bits per heavy atom. The topological polar surface area (TPSA) is 19.4 Å². The highest BCUT2D eigenvalue weighted by atomic mass is 35.5. The molecule has 3 aromatic rings. The average Bonchev–Trinajstić information content (AvgIpc) is 2.72. The second-order valence-corrected chi connectivity index (χ2v) is 7.55. The monoisotopic (exact) mass is 377 g/mol. The van der Waals surface area contributed by atoms with Crippen LogP contribution in [0.15, 0.2) is 73.1 Å². The van der Waals surface area contributed by atoms with Crippen LogP contribution in [0.25, 0.3) is 11.1 Å². The Balaban J connectivity index is 1.28. The molecular weight excluding hydrogens is 354 g/mol. The number of piperazine rings is 1. The average molecular weight is 378 g/mol. The molecule has 1 aliphatic rings. The molecule has 0 unspecified atom stereocenters. The maximum Gasteiger partial charge on any atom is 0.0406 e. The molecule has 0 N–H and O–H groups in total. The van der Waals surface area contributed by atoms with Crippen molar-refractivity contribution in [3.8, 4) is 11.1 Å². The first kappa shape index (κ1) is 18.2. The first-order chi connectivity index (χ1) is 13.3. The lowest BCUT2D eigenvalue weighted by atomic mass is 10.0. The second kappa shape index (κ2) is 8.66. The minimum atomic E-state index is 0.804. The molecule has 0 amide bonds. The first-order valence-corrected chi connectivity index (χ1v) is 9.82. The first-order valence-electron chi connectivity index (χ1n) is 9.45. The fourth-order valence-corrected chi connectivity index (χ4v) is 3.68. The maximum atomic E-state index is 5.97. The number of halogens is 1. The Bertz CT molecular complexity index is 839. The van der Waals surface area contributed by atoms with Gasteiger partial charge in [0.25, 0.3) is 0 Å². The van der Waals surface area contributed by atoms with Crippen LogP contribution in [0.3, 0.4) is 0 Å². The van der Waals surface area contributed by atoms with Crippen LogP contribution in [0.2, 0.25) is 5.02 Å². The molecule has 0 spiro atoms. The van der Waals surface area contributed by atoms with Crippen LogP contribution in [-0.2, 0) is 13.1 Å². The lowest BCUT2D eigenvalue weighted by Gasteiger charge is -2.34. The van der Waals surface area contributed by atoms with Gasteiger partial charge in [-0.3, -0.25) is 14.8 Å². The van der Waals surface area contributed by atoms with Crippen LogP contribution < -0.4 is 0 Å². The summed E-state index contributed by atoms with van der Waals surface area (Å²) < 4.78 is 0. The van der Waals surface area contributed by atoms with Crippen molar-refractivity contribution < 1.29 is 0 Å². The fourth-order valence-electron chi connectivity index (χ4n) is 3.56. The molecule has 1 fully saturated rings. The van der Waals surface area contributed by atoms with Crippen LogP contribution in [-0.4, -0.2) is 41.0 Å². The number of pyridine rings is 1. The Hall–Kier alpha value is -2.20.